The highest BCUT2D eigenvalue weighted by Gasteiger charge is 2.36. The lowest BCUT2D eigenvalue weighted by Gasteiger charge is -2.36. The minimum atomic E-state index is -1.63. The van der Waals surface area contributed by atoms with Gasteiger partial charge in [0, 0.05) is 13.0 Å². The Bertz CT molecular complexity index is 399. The van der Waals surface area contributed by atoms with Gasteiger partial charge in [-0.25, -0.2) is 0 Å². The fraction of sp³-hybridized carbons (Fsp3) is 0.600. The fourth-order valence-electron chi connectivity index (χ4n) is 1.40. The number of nitrogen functional groups attached to an aromatic ring is 1. The van der Waals surface area contributed by atoms with Crippen LogP contribution >= 0.6 is 0 Å². The van der Waals surface area contributed by atoms with Crippen molar-refractivity contribution >= 4 is 14.0 Å². The fourth-order valence-corrected chi connectivity index (χ4v) is 2.48. The Balaban J connectivity index is 2.28. The van der Waals surface area contributed by atoms with Crippen LogP contribution in [0.15, 0.2) is 24.3 Å². The van der Waals surface area contributed by atoms with Gasteiger partial charge in [0.15, 0.2) is 8.32 Å². The quantitative estimate of drug-likeness (QED) is 0.486. The van der Waals surface area contributed by atoms with Gasteiger partial charge in [0.05, 0.1) is 12.3 Å². The third-order valence-electron chi connectivity index (χ3n) is 3.73. The monoisotopic (exact) mass is 281 g/mol. The van der Waals surface area contributed by atoms with Crippen molar-refractivity contribution in [2.45, 2.75) is 45.3 Å². The molecule has 0 aliphatic carbocycles. The predicted molar refractivity (Wildman–Crippen MR) is 84.1 cm³/mol. The van der Waals surface area contributed by atoms with E-state index in [0.717, 1.165) is 18.8 Å². The lowest BCUT2D eigenvalue weighted by molar-refractivity contribution is 0.234. The van der Waals surface area contributed by atoms with Crippen LogP contribution in [0.4, 0.5) is 5.69 Å². The molecular weight excluding hydrogens is 254 g/mol. The SMILES string of the molecule is CC(C)(C)[Si](C)(C)OCCCOc1ccccc1N. The first-order valence-corrected chi connectivity index (χ1v) is 9.76. The van der Waals surface area contributed by atoms with Crippen LogP contribution in [-0.2, 0) is 4.43 Å². The van der Waals surface area contributed by atoms with Crippen LogP contribution in [-0.4, -0.2) is 21.5 Å². The molecule has 0 aliphatic rings. The first-order chi connectivity index (χ1) is 8.74. The molecule has 0 saturated carbocycles. The Morgan fingerprint density at radius 2 is 1.74 bits per heavy atom. The zero-order valence-electron chi connectivity index (χ0n) is 12.8. The Morgan fingerprint density at radius 3 is 2.32 bits per heavy atom. The molecule has 0 radical (unpaired) electrons. The second kappa shape index (κ2) is 6.44. The van der Waals surface area contributed by atoms with E-state index in [4.69, 9.17) is 14.9 Å². The van der Waals surface area contributed by atoms with E-state index in [1.165, 1.54) is 0 Å². The van der Waals surface area contributed by atoms with Gasteiger partial charge in [-0.15, -0.1) is 0 Å². The standard InChI is InChI=1S/C15H27NO2Si/c1-15(2,3)19(4,5)18-12-8-11-17-14-10-7-6-9-13(14)16/h6-7,9-10H,8,11-12,16H2,1-5H3. The summed E-state index contributed by atoms with van der Waals surface area (Å²) < 4.78 is 11.7. The molecule has 0 aromatic heterocycles. The average molecular weight is 281 g/mol. The van der Waals surface area contributed by atoms with E-state index in [1.54, 1.807) is 0 Å². The lowest BCUT2D eigenvalue weighted by Crippen LogP contribution is -2.41. The van der Waals surface area contributed by atoms with Crippen LogP contribution in [0.2, 0.25) is 18.1 Å². The molecule has 0 aliphatic heterocycles. The number of hydrogen-bond acceptors (Lipinski definition) is 3. The summed E-state index contributed by atoms with van der Waals surface area (Å²) in [4.78, 5) is 0. The number of benzene rings is 1. The summed E-state index contributed by atoms with van der Waals surface area (Å²) in [6.07, 6.45) is 0.890. The highest BCUT2D eigenvalue weighted by Crippen LogP contribution is 2.36. The van der Waals surface area contributed by atoms with Crippen molar-refractivity contribution in [2.24, 2.45) is 0 Å². The molecule has 0 bridgehead atoms. The topological polar surface area (TPSA) is 44.5 Å². The summed E-state index contributed by atoms with van der Waals surface area (Å²) in [5, 5.41) is 0.262. The maximum absolute atomic E-state index is 6.09. The number of ether oxygens (including phenoxy) is 1. The molecule has 2 N–H and O–H groups in total. The van der Waals surface area contributed by atoms with Crippen LogP contribution in [0.3, 0.4) is 0 Å². The van der Waals surface area contributed by atoms with Crippen LogP contribution < -0.4 is 10.5 Å². The van der Waals surface area contributed by atoms with E-state index >= 15 is 0 Å². The Morgan fingerprint density at radius 1 is 1.11 bits per heavy atom. The normalized spacial score (nSPS) is 12.5. The number of rotatable bonds is 6. The van der Waals surface area contributed by atoms with Gasteiger partial charge in [0.1, 0.15) is 5.75 Å². The maximum Gasteiger partial charge on any atom is 0.191 e. The summed E-state index contributed by atoms with van der Waals surface area (Å²) in [6, 6.07) is 7.58. The summed E-state index contributed by atoms with van der Waals surface area (Å²) in [6.45, 7) is 12.7. The molecule has 0 spiro atoms. The highest BCUT2D eigenvalue weighted by atomic mass is 28.4. The Hall–Kier alpha value is -1.00. The van der Waals surface area contributed by atoms with E-state index in [-0.39, 0.29) is 5.04 Å². The molecule has 1 aromatic carbocycles. The Kier molecular flexibility index (Phi) is 5.44. The zero-order valence-corrected chi connectivity index (χ0v) is 13.8. The molecular formula is C15H27NO2Si. The zero-order chi connectivity index (χ0) is 14.5. The molecule has 0 amide bonds. The van der Waals surface area contributed by atoms with E-state index < -0.39 is 8.32 Å². The summed E-state index contributed by atoms with van der Waals surface area (Å²) in [5.74, 6) is 0.759. The van der Waals surface area contributed by atoms with Crippen molar-refractivity contribution in [3.8, 4) is 5.75 Å². The first-order valence-electron chi connectivity index (χ1n) is 6.85. The molecule has 108 valence electrons. The van der Waals surface area contributed by atoms with Gasteiger partial charge in [-0.1, -0.05) is 32.9 Å². The second-order valence-corrected chi connectivity index (χ2v) is 11.2. The molecule has 0 heterocycles. The molecule has 0 fully saturated rings. The predicted octanol–water partition coefficient (Wildman–Crippen LogP) is 4.06. The number of para-hydroxylation sites is 2. The van der Waals surface area contributed by atoms with E-state index in [9.17, 15) is 0 Å². The number of anilines is 1. The van der Waals surface area contributed by atoms with Gasteiger partial charge in [-0.05, 0) is 30.3 Å². The Labute approximate surface area is 118 Å². The van der Waals surface area contributed by atoms with Gasteiger partial charge >= 0.3 is 0 Å². The van der Waals surface area contributed by atoms with Gasteiger partial charge < -0.3 is 14.9 Å². The first kappa shape index (κ1) is 16.1. The second-order valence-electron chi connectivity index (χ2n) is 6.35. The van der Waals surface area contributed by atoms with Gasteiger partial charge in [-0.2, -0.15) is 0 Å². The largest absolute Gasteiger partial charge is 0.491 e. The molecule has 0 unspecified atom stereocenters. The van der Waals surface area contributed by atoms with Crippen molar-refractivity contribution in [3.05, 3.63) is 24.3 Å². The molecule has 19 heavy (non-hydrogen) atoms. The number of hydrogen-bond donors (Lipinski definition) is 1. The summed E-state index contributed by atoms with van der Waals surface area (Å²) in [5.41, 5.74) is 6.50. The van der Waals surface area contributed by atoms with Crippen molar-refractivity contribution in [1.82, 2.24) is 0 Å². The molecule has 1 aromatic rings. The van der Waals surface area contributed by atoms with Crippen molar-refractivity contribution in [2.75, 3.05) is 18.9 Å². The van der Waals surface area contributed by atoms with Crippen LogP contribution in [0.5, 0.6) is 5.75 Å². The van der Waals surface area contributed by atoms with Crippen molar-refractivity contribution in [3.63, 3.8) is 0 Å². The minimum absolute atomic E-state index is 0.262. The van der Waals surface area contributed by atoms with Crippen LogP contribution in [0.1, 0.15) is 27.2 Å². The third kappa shape index (κ3) is 4.88. The molecule has 1 rings (SSSR count). The highest BCUT2D eigenvalue weighted by molar-refractivity contribution is 6.74. The summed E-state index contributed by atoms with van der Waals surface area (Å²) in [7, 11) is -1.63. The van der Waals surface area contributed by atoms with Crippen molar-refractivity contribution < 1.29 is 9.16 Å². The van der Waals surface area contributed by atoms with Gasteiger partial charge in [0.2, 0.25) is 0 Å². The third-order valence-corrected chi connectivity index (χ3v) is 8.27. The number of nitrogens with two attached hydrogens (primary N) is 1. The van der Waals surface area contributed by atoms with Gasteiger partial charge in [0.25, 0.3) is 0 Å². The summed E-state index contributed by atoms with van der Waals surface area (Å²) >= 11 is 0. The smallest absolute Gasteiger partial charge is 0.191 e. The van der Waals surface area contributed by atoms with Crippen LogP contribution in [0, 0.1) is 0 Å². The van der Waals surface area contributed by atoms with Gasteiger partial charge in [-0.3, -0.25) is 0 Å². The van der Waals surface area contributed by atoms with E-state index in [2.05, 4.69) is 33.9 Å². The molecule has 0 atom stereocenters. The molecule has 4 heteroatoms. The van der Waals surface area contributed by atoms with E-state index in [0.29, 0.717) is 12.3 Å². The van der Waals surface area contributed by atoms with Crippen LogP contribution in [0.25, 0.3) is 0 Å². The molecule has 3 nitrogen and oxygen atoms in total. The average Bonchev–Trinajstić information content (AvgIpc) is 2.29. The minimum Gasteiger partial charge on any atom is -0.491 e. The van der Waals surface area contributed by atoms with Crippen molar-refractivity contribution in [1.29, 1.82) is 0 Å². The van der Waals surface area contributed by atoms with E-state index in [1.807, 2.05) is 24.3 Å². The lowest BCUT2D eigenvalue weighted by atomic mass is 10.2. The molecule has 0 saturated heterocycles. The maximum atomic E-state index is 6.09.